The number of benzene rings is 2. The highest BCUT2D eigenvalue weighted by molar-refractivity contribution is 5.76. The third-order valence-electron chi connectivity index (χ3n) is 3.80. The highest BCUT2D eigenvalue weighted by Gasteiger charge is 2.11. The summed E-state index contributed by atoms with van der Waals surface area (Å²) in [6.07, 6.45) is 0.448. The lowest BCUT2D eigenvalue weighted by molar-refractivity contribution is -0.121. The summed E-state index contributed by atoms with van der Waals surface area (Å²) in [5.74, 6) is 1.80. The Balaban J connectivity index is 1.85. The van der Waals surface area contributed by atoms with E-state index in [1.54, 1.807) is 14.2 Å². The molecule has 4 nitrogen and oxygen atoms in total. The molecule has 4 heteroatoms. The predicted molar refractivity (Wildman–Crippen MR) is 90.9 cm³/mol. The number of carbonyl (C=O) groups is 1. The SMILES string of the molecule is COc1ccc(CNC(=O)CC(C)c2cccc(OC)c2)cc1. The summed E-state index contributed by atoms with van der Waals surface area (Å²) in [7, 11) is 3.28. The van der Waals surface area contributed by atoms with Gasteiger partial charge in [0.25, 0.3) is 0 Å². The van der Waals surface area contributed by atoms with Gasteiger partial charge in [-0.15, -0.1) is 0 Å². The van der Waals surface area contributed by atoms with Gasteiger partial charge in [0.15, 0.2) is 0 Å². The summed E-state index contributed by atoms with van der Waals surface area (Å²) in [6, 6.07) is 15.5. The van der Waals surface area contributed by atoms with Crippen LogP contribution in [-0.2, 0) is 11.3 Å². The fourth-order valence-corrected chi connectivity index (χ4v) is 2.36. The van der Waals surface area contributed by atoms with Crippen molar-refractivity contribution in [2.24, 2.45) is 0 Å². The largest absolute Gasteiger partial charge is 0.497 e. The van der Waals surface area contributed by atoms with E-state index in [2.05, 4.69) is 5.32 Å². The zero-order valence-electron chi connectivity index (χ0n) is 13.8. The van der Waals surface area contributed by atoms with Crippen molar-refractivity contribution in [3.63, 3.8) is 0 Å². The zero-order chi connectivity index (χ0) is 16.7. The maximum Gasteiger partial charge on any atom is 0.220 e. The first-order chi connectivity index (χ1) is 11.1. The molecule has 0 heterocycles. The maximum atomic E-state index is 12.1. The normalized spacial score (nSPS) is 11.6. The molecule has 0 fully saturated rings. The van der Waals surface area contributed by atoms with Crippen molar-refractivity contribution in [1.82, 2.24) is 5.32 Å². The van der Waals surface area contributed by atoms with Gasteiger partial charge in [-0.3, -0.25) is 4.79 Å². The van der Waals surface area contributed by atoms with Gasteiger partial charge in [-0.25, -0.2) is 0 Å². The van der Waals surface area contributed by atoms with E-state index in [0.29, 0.717) is 13.0 Å². The summed E-state index contributed by atoms with van der Waals surface area (Å²) in [5.41, 5.74) is 2.15. The summed E-state index contributed by atoms with van der Waals surface area (Å²) < 4.78 is 10.3. The Morgan fingerprint density at radius 1 is 1.04 bits per heavy atom. The number of hydrogen-bond acceptors (Lipinski definition) is 3. The topological polar surface area (TPSA) is 47.6 Å². The summed E-state index contributed by atoms with van der Waals surface area (Å²) >= 11 is 0. The van der Waals surface area contributed by atoms with Crippen LogP contribution in [-0.4, -0.2) is 20.1 Å². The van der Waals surface area contributed by atoms with Gasteiger partial charge in [-0.05, 0) is 41.3 Å². The molecule has 1 atom stereocenters. The molecule has 0 radical (unpaired) electrons. The summed E-state index contributed by atoms with van der Waals surface area (Å²) in [5, 5.41) is 2.95. The fourth-order valence-electron chi connectivity index (χ4n) is 2.36. The van der Waals surface area contributed by atoms with E-state index in [4.69, 9.17) is 9.47 Å². The lowest BCUT2D eigenvalue weighted by atomic mass is 9.97. The quantitative estimate of drug-likeness (QED) is 0.851. The molecule has 0 aromatic heterocycles. The number of amides is 1. The third-order valence-corrected chi connectivity index (χ3v) is 3.80. The molecule has 0 saturated carbocycles. The van der Waals surface area contributed by atoms with Crippen LogP contribution in [0.5, 0.6) is 11.5 Å². The van der Waals surface area contributed by atoms with Gasteiger partial charge in [-0.2, -0.15) is 0 Å². The first kappa shape index (κ1) is 16.9. The lowest BCUT2D eigenvalue weighted by Gasteiger charge is -2.13. The molecule has 2 rings (SSSR count). The Morgan fingerprint density at radius 3 is 2.39 bits per heavy atom. The van der Waals surface area contributed by atoms with Crippen LogP contribution in [0.3, 0.4) is 0 Å². The molecule has 23 heavy (non-hydrogen) atoms. The number of nitrogens with one attached hydrogen (secondary N) is 1. The van der Waals surface area contributed by atoms with Crippen molar-refractivity contribution in [3.8, 4) is 11.5 Å². The standard InChI is InChI=1S/C19H23NO3/c1-14(16-5-4-6-18(12-16)23-3)11-19(21)20-13-15-7-9-17(22-2)10-8-15/h4-10,12,14H,11,13H2,1-3H3,(H,20,21). The van der Waals surface area contributed by atoms with Crippen molar-refractivity contribution in [3.05, 3.63) is 59.7 Å². The Kier molecular flexibility index (Phi) is 6.03. The first-order valence-corrected chi connectivity index (χ1v) is 7.66. The van der Waals surface area contributed by atoms with E-state index >= 15 is 0 Å². The molecule has 0 aliphatic heterocycles. The minimum absolute atomic E-state index is 0.0381. The van der Waals surface area contributed by atoms with E-state index in [1.807, 2.05) is 55.5 Å². The van der Waals surface area contributed by atoms with Crippen LogP contribution < -0.4 is 14.8 Å². The van der Waals surface area contributed by atoms with Crippen LogP contribution >= 0.6 is 0 Å². The van der Waals surface area contributed by atoms with Gasteiger partial charge in [0.05, 0.1) is 14.2 Å². The number of ether oxygens (including phenoxy) is 2. The molecule has 1 unspecified atom stereocenters. The lowest BCUT2D eigenvalue weighted by Crippen LogP contribution is -2.24. The molecule has 0 aliphatic carbocycles. The van der Waals surface area contributed by atoms with Gasteiger partial charge in [0, 0.05) is 13.0 Å². The second kappa shape index (κ2) is 8.22. The van der Waals surface area contributed by atoms with E-state index in [1.165, 1.54) is 0 Å². The zero-order valence-corrected chi connectivity index (χ0v) is 13.8. The number of rotatable bonds is 7. The molecule has 1 amide bonds. The smallest absolute Gasteiger partial charge is 0.220 e. The molecule has 2 aromatic rings. The average molecular weight is 313 g/mol. The average Bonchev–Trinajstić information content (AvgIpc) is 2.60. The molecule has 1 N–H and O–H groups in total. The molecule has 0 spiro atoms. The highest BCUT2D eigenvalue weighted by atomic mass is 16.5. The van der Waals surface area contributed by atoms with Crippen LogP contribution in [0.1, 0.15) is 30.4 Å². The van der Waals surface area contributed by atoms with E-state index in [0.717, 1.165) is 22.6 Å². The molecule has 2 aromatic carbocycles. The van der Waals surface area contributed by atoms with Crippen LogP contribution in [0.2, 0.25) is 0 Å². The van der Waals surface area contributed by atoms with E-state index in [-0.39, 0.29) is 11.8 Å². The Hall–Kier alpha value is -2.49. The van der Waals surface area contributed by atoms with Crippen molar-refractivity contribution >= 4 is 5.91 Å². The first-order valence-electron chi connectivity index (χ1n) is 7.66. The molecule has 0 saturated heterocycles. The number of hydrogen-bond donors (Lipinski definition) is 1. The van der Waals surface area contributed by atoms with Crippen LogP contribution in [0.15, 0.2) is 48.5 Å². The van der Waals surface area contributed by atoms with Crippen LogP contribution in [0.4, 0.5) is 0 Å². The summed E-state index contributed by atoms with van der Waals surface area (Å²) in [4.78, 5) is 12.1. The maximum absolute atomic E-state index is 12.1. The van der Waals surface area contributed by atoms with Gasteiger partial charge >= 0.3 is 0 Å². The van der Waals surface area contributed by atoms with E-state index < -0.39 is 0 Å². The van der Waals surface area contributed by atoms with Gasteiger partial charge in [0.1, 0.15) is 11.5 Å². The molecule has 0 aliphatic rings. The number of methoxy groups -OCH3 is 2. The second-order valence-corrected chi connectivity index (χ2v) is 5.51. The molecular formula is C19H23NO3. The molecule has 0 bridgehead atoms. The van der Waals surface area contributed by atoms with Crippen molar-refractivity contribution < 1.29 is 14.3 Å². The highest BCUT2D eigenvalue weighted by Crippen LogP contribution is 2.23. The van der Waals surface area contributed by atoms with Gasteiger partial charge < -0.3 is 14.8 Å². The Labute approximate surface area is 137 Å². The molecular weight excluding hydrogens is 290 g/mol. The van der Waals surface area contributed by atoms with Crippen LogP contribution in [0.25, 0.3) is 0 Å². The third kappa shape index (κ3) is 5.02. The predicted octanol–water partition coefficient (Wildman–Crippen LogP) is 3.51. The van der Waals surface area contributed by atoms with Crippen molar-refractivity contribution in [1.29, 1.82) is 0 Å². The fraction of sp³-hybridized carbons (Fsp3) is 0.316. The molecule has 122 valence electrons. The van der Waals surface area contributed by atoms with E-state index in [9.17, 15) is 4.79 Å². The number of carbonyl (C=O) groups excluding carboxylic acids is 1. The summed E-state index contributed by atoms with van der Waals surface area (Å²) in [6.45, 7) is 2.56. The Morgan fingerprint density at radius 2 is 1.74 bits per heavy atom. The van der Waals surface area contributed by atoms with Crippen LogP contribution in [0, 0.1) is 0 Å². The van der Waals surface area contributed by atoms with Gasteiger partial charge in [0.2, 0.25) is 5.91 Å². The van der Waals surface area contributed by atoms with Crippen molar-refractivity contribution in [2.75, 3.05) is 14.2 Å². The monoisotopic (exact) mass is 313 g/mol. The Bertz CT molecular complexity index is 637. The minimum atomic E-state index is 0.0381. The van der Waals surface area contributed by atoms with Gasteiger partial charge in [-0.1, -0.05) is 31.2 Å². The minimum Gasteiger partial charge on any atom is -0.497 e. The second-order valence-electron chi connectivity index (χ2n) is 5.51. The van der Waals surface area contributed by atoms with Crippen molar-refractivity contribution in [2.45, 2.75) is 25.8 Å².